The molecular weight excluding hydrogens is 406 g/mol. The Morgan fingerprint density at radius 2 is 1.90 bits per heavy atom. The third-order valence-corrected chi connectivity index (χ3v) is 5.35. The van der Waals surface area contributed by atoms with Crippen LogP contribution >= 0.6 is 11.6 Å². The minimum absolute atomic E-state index is 0.218. The van der Waals surface area contributed by atoms with E-state index in [9.17, 15) is 4.79 Å². The second-order valence-electron chi connectivity index (χ2n) is 7.14. The summed E-state index contributed by atoms with van der Waals surface area (Å²) in [5, 5.41) is 0.552. The standard InChI is InChI=1S/C21H20ClN5O3/c22-13-1-3-16-17(11-13)23-19(21(28)26-16)20-24-15-4-2-14(12-18(15)25-20)30-10-7-27-5-8-29-9-6-27/h1-4,11-12H,5-10H2,(H,24,25)(H,26,28). The van der Waals surface area contributed by atoms with Gasteiger partial charge in [0.2, 0.25) is 0 Å². The van der Waals surface area contributed by atoms with Crippen LogP contribution in [0.5, 0.6) is 5.75 Å². The predicted octanol–water partition coefficient (Wildman–Crippen LogP) is 2.83. The molecule has 1 aliphatic heterocycles. The van der Waals surface area contributed by atoms with E-state index in [1.54, 1.807) is 18.2 Å². The van der Waals surface area contributed by atoms with E-state index in [2.05, 4.69) is 24.8 Å². The SMILES string of the molecule is O=c1[nH]c2ccc(Cl)cc2nc1-c1nc2ccc(OCCN3CCOCC3)cc2[nH]1. The fourth-order valence-corrected chi connectivity index (χ4v) is 3.69. The smallest absolute Gasteiger partial charge is 0.278 e. The fraction of sp³-hybridized carbons (Fsp3) is 0.286. The summed E-state index contributed by atoms with van der Waals surface area (Å²) in [6.07, 6.45) is 0. The van der Waals surface area contributed by atoms with Gasteiger partial charge in [-0.2, -0.15) is 0 Å². The molecule has 154 valence electrons. The zero-order valence-corrected chi connectivity index (χ0v) is 16.9. The van der Waals surface area contributed by atoms with Gasteiger partial charge in [0.25, 0.3) is 5.56 Å². The van der Waals surface area contributed by atoms with Crippen molar-refractivity contribution in [2.45, 2.75) is 0 Å². The number of ether oxygens (including phenoxy) is 2. The van der Waals surface area contributed by atoms with E-state index >= 15 is 0 Å². The molecule has 0 unspecified atom stereocenters. The van der Waals surface area contributed by atoms with E-state index in [0.717, 1.165) is 49.6 Å². The molecule has 5 rings (SSSR count). The molecule has 2 N–H and O–H groups in total. The normalized spacial score (nSPS) is 15.1. The van der Waals surface area contributed by atoms with Gasteiger partial charge in [0, 0.05) is 30.7 Å². The maximum absolute atomic E-state index is 12.5. The highest BCUT2D eigenvalue weighted by atomic mass is 35.5. The molecule has 4 aromatic rings. The van der Waals surface area contributed by atoms with E-state index in [1.165, 1.54) is 0 Å². The van der Waals surface area contributed by atoms with Gasteiger partial charge in [-0.05, 0) is 30.3 Å². The molecule has 1 saturated heterocycles. The first-order valence-corrected chi connectivity index (χ1v) is 10.2. The number of rotatable bonds is 5. The maximum Gasteiger partial charge on any atom is 0.278 e. The summed E-state index contributed by atoms with van der Waals surface area (Å²) >= 11 is 6.05. The summed E-state index contributed by atoms with van der Waals surface area (Å²) in [5.74, 6) is 1.15. The molecule has 0 atom stereocenters. The van der Waals surface area contributed by atoms with Crippen molar-refractivity contribution in [3.8, 4) is 17.3 Å². The van der Waals surface area contributed by atoms with Gasteiger partial charge in [-0.15, -0.1) is 0 Å². The zero-order chi connectivity index (χ0) is 20.5. The van der Waals surface area contributed by atoms with E-state index in [-0.39, 0.29) is 11.3 Å². The van der Waals surface area contributed by atoms with Crippen LogP contribution in [-0.2, 0) is 4.74 Å². The molecule has 30 heavy (non-hydrogen) atoms. The van der Waals surface area contributed by atoms with Gasteiger partial charge in [0.05, 0.1) is 35.3 Å². The molecule has 1 aliphatic rings. The Morgan fingerprint density at radius 1 is 1.03 bits per heavy atom. The van der Waals surface area contributed by atoms with Crippen LogP contribution in [0.25, 0.3) is 33.6 Å². The average molecular weight is 426 g/mol. The first-order chi connectivity index (χ1) is 14.7. The molecule has 0 aliphatic carbocycles. The molecule has 3 heterocycles. The molecular formula is C21H20ClN5O3. The van der Waals surface area contributed by atoms with Crippen LogP contribution in [0.1, 0.15) is 0 Å². The van der Waals surface area contributed by atoms with E-state index < -0.39 is 0 Å². The number of imidazole rings is 1. The largest absolute Gasteiger partial charge is 0.492 e. The maximum atomic E-state index is 12.5. The number of aromatic amines is 2. The molecule has 0 saturated carbocycles. The van der Waals surface area contributed by atoms with Crippen molar-refractivity contribution in [1.82, 2.24) is 24.8 Å². The fourth-order valence-electron chi connectivity index (χ4n) is 3.52. The second kappa shape index (κ2) is 8.06. The van der Waals surface area contributed by atoms with Crippen LogP contribution in [-0.4, -0.2) is 64.3 Å². The number of hydrogen-bond donors (Lipinski definition) is 2. The van der Waals surface area contributed by atoms with Crippen molar-refractivity contribution in [2.24, 2.45) is 0 Å². The lowest BCUT2D eigenvalue weighted by Gasteiger charge is -2.26. The van der Waals surface area contributed by atoms with E-state index in [4.69, 9.17) is 21.1 Å². The summed E-state index contributed by atoms with van der Waals surface area (Å²) in [6.45, 7) is 4.87. The van der Waals surface area contributed by atoms with Crippen molar-refractivity contribution in [1.29, 1.82) is 0 Å². The Kier molecular flexibility index (Phi) is 5.12. The summed E-state index contributed by atoms with van der Waals surface area (Å²) in [5.41, 5.74) is 2.64. The molecule has 0 spiro atoms. The van der Waals surface area contributed by atoms with E-state index in [1.807, 2.05) is 18.2 Å². The number of nitrogens with one attached hydrogen (secondary N) is 2. The Hall–Kier alpha value is -2.94. The summed E-state index contributed by atoms with van der Waals surface area (Å²) in [4.78, 5) is 29.8. The number of nitrogens with zero attached hydrogens (tertiary/aromatic N) is 3. The summed E-state index contributed by atoms with van der Waals surface area (Å²) in [6, 6.07) is 10.8. The van der Waals surface area contributed by atoms with Gasteiger partial charge in [0.15, 0.2) is 11.5 Å². The number of hydrogen-bond acceptors (Lipinski definition) is 6. The van der Waals surface area contributed by atoms with Crippen LogP contribution in [0.3, 0.4) is 0 Å². The van der Waals surface area contributed by atoms with Crippen LogP contribution in [0.4, 0.5) is 0 Å². The third-order valence-electron chi connectivity index (χ3n) is 5.11. The van der Waals surface area contributed by atoms with Gasteiger partial charge in [-0.1, -0.05) is 11.6 Å². The molecule has 0 radical (unpaired) electrons. The lowest BCUT2D eigenvalue weighted by atomic mass is 10.3. The van der Waals surface area contributed by atoms with E-state index in [0.29, 0.717) is 28.5 Å². The van der Waals surface area contributed by atoms with Crippen molar-refractivity contribution in [3.63, 3.8) is 0 Å². The minimum atomic E-state index is -0.314. The number of fused-ring (bicyclic) bond motifs is 2. The zero-order valence-electron chi connectivity index (χ0n) is 16.2. The Morgan fingerprint density at radius 3 is 2.77 bits per heavy atom. The van der Waals surface area contributed by atoms with Crippen molar-refractivity contribution >= 4 is 33.7 Å². The summed E-state index contributed by atoms with van der Waals surface area (Å²) < 4.78 is 11.3. The molecule has 8 nitrogen and oxygen atoms in total. The molecule has 0 amide bonds. The lowest BCUT2D eigenvalue weighted by molar-refractivity contribution is 0.0322. The van der Waals surface area contributed by atoms with Crippen molar-refractivity contribution < 1.29 is 9.47 Å². The highest BCUT2D eigenvalue weighted by Crippen LogP contribution is 2.23. The molecule has 9 heteroatoms. The first-order valence-electron chi connectivity index (χ1n) is 9.78. The van der Waals surface area contributed by atoms with Crippen LogP contribution in [0, 0.1) is 0 Å². The van der Waals surface area contributed by atoms with Crippen LogP contribution in [0.15, 0.2) is 41.2 Å². The lowest BCUT2D eigenvalue weighted by Crippen LogP contribution is -2.38. The predicted molar refractivity (Wildman–Crippen MR) is 115 cm³/mol. The van der Waals surface area contributed by atoms with Crippen molar-refractivity contribution in [3.05, 3.63) is 51.8 Å². The second-order valence-corrected chi connectivity index (χ2v) is 7.58. The molecule has 2 aromatic carbocycles. The molecule has 0 bridgehead atoms. The number of H-pyrrole nitrogens is 2. The topological polar surface area (TPSA) is 96.1 Å². The monoisotopic (exact) mass is 425 g/mol. The number of benzene rings is 2. The molecule has 2 aromatic heterocycles. The number of halogens is 1. The van der Waals surface area contributed by atoms with Gasteiger partial charge in [0.1, 0.15) is 12.4 Å². The Bertz CT molecular complexity index is 1260. The van der Waals surface area contributed by atoms with Gasteiger partial charge in [-0.25, -0.2) is 9.97 Å². The Balaban J connectivity index is 1.38. The van der Waals surface area contributed by atoms with Crippen molar-refractivity contribution in [2.75, 3.05) is 39.5 Å². The first kappa shape index (κ1) is 19.0. The molecule has 1 fully saturated rings. The van der Waals surface area contributed by atoms with Crippen LogP contribution in [0.2, 0.25) is 5.02 Å². The average Bonchev–Trinajstić information content (AvgIpc) is 3.17. The van der Waals surface area contributed by atoms with Gasteiger partial charge >= 0.3 is 0 Å². The number of aromatic nitrogens is 4. The minimum Gasteiger partial charge on any atom is -0.492 e. The number of morpholine rings is 1. The quantitative estimate of drug-likeness (QED) is 0.510. The van der Waals surface area contributed by atoms with Crippen LogP contribution < -0.4 is 10.3 Å². The highest BCUT2D eigenvalue weighted by molar-refractivity contribution is 6.31. The van der Waals surface area contributed by atoms with Gasteiger partial charge in [-0.3, -0.25) is 9.69 Å². The third kappa shape index (κ3) is 3.89. The summed E-state index contributed by atoms with van der Waals surface area (Å²) in [7, 11) is 0. The van der Waals surface area contributed by atoms with Gasteiger partial charge < -0.3 is 19.4 Å². The Labute approximate surface area is 176 Å². The highest BCUT2D eigenvalue weighted by Gasteiger charge is 2.14.